The molecule has 1 aliphatic carbocycles. The van der Waals surface area contributed by atoms with Gasteiger partial charge in [0.1, 0.15) is 16.9 Å². The molecule has 0 amide bonds. The second kappa shape index (κ2) is 10.9. The molecule has 3 aromatic carbocycles. The minimum atomic E-state index is -1.12. The summed E-state index contributed by atoms with van der Waals surface area (Å²) in [6.07, 6.45) is 1.08. The van der Waals surface area contributed by atoms with Crippen molar-refractivity contribution in [3.63, 3.8) is 0 Å². The van der Waals surface area contributed by atoms with Crippen LogP contribution in [-0.2, 0) is 11.3 Å². The summed E-state index contributed by atoms with van der Waals surface area (Å²) in [6.45, 7) is 2.29. The van der Waals surface area contributed by atoms with Crippen molar-refractivity contribution in [3.05, 3.63) is 89.6 Å². The summed E-state index contributed by atoms with van der Waals surface area (Å²) in [4.78, 5) is 12.5. The monoisotopic (exact) mass is 533 g/mol. The van der Waals surface area contributed by atoms with E-state index >= 15 is 0 Å². The third-order valence-corrected chi connectivity index (χ3v) is 7.08. The van der Waals surface area contributed by atoms with E-state index in [0.717, 1.165) is 28.0 Å². The van der Waals surface area contributed by atoms with Crippen molar-refractivity contribution in [2.24, 2.45) is 0 Å². The molecule has 0 aliphatic heterocycles. The van der Waals surface area contributed by atoms with Crippen LogP contribution in [-0.4, -0.2) is 40.1 Å². The molecule has 1 heterocycles. The van der Waals surface area contributed by atoms with E-state index < -0.39 is 11.4 Å². The molecule has 0 spiro atoms. The van der Waals surface area contributed by atoms with Gasteiger partial charge in [-0.15, -0.1) is 5.10 Å². The molecule has 9 heteroatoms. The number of aromatic nitrogens is 3. The first-order valence-corrected chi connectivity index (χ1v) is 13.0. The van der Waals surface area contributed by atoms with E-state index in [1.807, 2.05) is 48.5 Å². The highest BCUT2D eigenvalue weighted by Crippen LogP contribution is 2.51. The number of carbonyl (C=O) groups is 1. The van der Waals surface area contributed by atoms with Crippen molar-refractivity contribution >= 4 is 15.2 Å². The van der Waals surface area contributed by atoms with Crippen LogP contribution in [0.2, 0.25) is 0 Å². The van der Waals surface area contributed by atoms with E-state index in [-0.39, 0.29) is 24.1 Å². The lowest BCUT2D eigenvalue weighted by molar-refractivity contribution is 0.0516. The van der Waals surface area contributed by atoms with Crippen LogP contribution in [0.4, 0.5) is 4.39 Å². The fourth-order valence-corrected chi connectivity index (χ4v) is 5.08. The molecule has 38 heavy (non-hydrogen) atoms. The lowest BCUT2D eigenvalue weighted by Gasteiger charge is -2.38. The summed E-state index contributed by atoms with van der Waals surface area (Å²) in [5, 5.41) is 7.06. The molecule has 0 bridgehead atoms. The molecule has 0 N–H and O–H groups in total. The predicted octanol–water partition coefficient (Wildman–Crippen LogP) is 6.39. The third-order valence-electron chi connectivity index (χ3n) is 6.61. The summed E-state index contributed by atoms with van der Waals surface area (Å²) < 4.78 is 31.9. The number of nitrogens with zero attached hydrogens (tertiary/aromatic N) is 3. The lowest BCUT2D eigenvalue weighted by Crippen LogP contribution is -2.31. The molecule has 1 unspecified atom stereocenters. The number of esters is 1. The Morgan fingerprint density at radius 2 is 1.61 bits per heavy atom. The van der Waals surface area contributed by atoms with Gasteiger partial charge in [0.25, 0.3) is 5.88 Å². The first kappa shape index (κ1) is 25.9. The molecule has 1 aliphatic rings. The Bertz CT molecular complexity index is 1400. The molecular weight excluding hydrogens is 504 g/mol. The molecule has 0 saturated heterocycles. The van der Waals surface area contributed by atoms with Crippen LogP contribution >= 0.6 is 9.24 Å². The van der Waals surface area contributed by atoms with Crippen molar-refractivity contribution < 1.29 is 23.4 Å². The van der Waals surface area contributed by atoms with Crippen LogP contribution < -0.4 is 9.47 Å². The van der Waals surface area contributed by atoms with Gasteiger partial charge in [-0.2, -0.15) is 0 Å². The smallest absolute Gasteiger partial charge is 0.364 e. The Hall–Kier alpha value is -3.77. The van der Waals surface area contributed by atoms with Crippen LogP contribution in [0.3, 0.4) is 0 Å². The number of alkyl halides is 1. The Kier molecular flexibility index (Phi) is 7.43. The predicted molar refractivity (Wildman–Crippen MR) is 146 cm³/mol. The summed E-state index contributed by atoms with van der Waals surface area (Å²) in [5.74, 6) is 1.15. The fourth-order valence-electron chi connectivity index (χ4n) is 4.51. The van der Waals surface area contributed by atoms with Crippen molar-refractivity contribution in [2.75, 3.05) is 13.7 Å². The van der Waals surface area contributed by atoms with E-state index in [0.29, 0.717) is 25.1 Å². The molecule has 1 aromatic heterocycles. The highest BCUT2D eigenvalue weighted by molar-refractivity contribution is 7.18. The summed E-state index contributed by atoms with van der Waals surface area (Å²) in [6, 6.07) is 23.3. The van der Waals surface area contributed by atoms with Gasteiger partial charge in [-0.1, -0.05) is 63.0 Å². The quantitative estimate of drug-likeness (QED) is 0.183. The van der Waals surface area contributed by atoms with Gasteiger partial charge in [0.05, 0.1) is 20.3 Å². The van der Waals surface area contributed by atoms with Gasteiger partial charge in [0.15, 0.2) is 0 Å². The zero-order valence-electron chi connectivity index (χ0n) is 21.3. The maximum atomic E-state index is 13.8. The SMILES string of the molecule is CCOC(=O)c1nnn(Cc2ccc(OC)cc2)c1Oc1ccc(-c2ccc(C3CC(F)(P)C3)cc2)cc1. The third kappa shape index (κ3) is 5.70. The average Bonchev–Trinajstić information content (AvgIpc) is 3.30. The first-order valence-electron chi connectivity index (χ1n) is 12.4. The summed E-state index contributed by atoms with van der Waals surface area (Å²) in [5.41, 5.74) is 4.17. The van der Waals surface area contributed by atoms with Crippen LogP contribution in [0, 0.1) is 0 Å². The molecular formula is C29H29FN3O4P. The van der Waals surface area contributed by atoms with Crippen molar-refractivity contribution in [1.29, 1.82) is 0 Å². The van der Waals surface area contributed by atoms with Gasteiger partial charge in [-0.25, -0.2) is 13.9 Å². The maximum absolute atomic E-state index is 13.8. The highest BCUT2D eigenvalue weighted by atomic mass is 31.0. The van der Waals surface area contributed by atoms with Gasteiger partial charge in [-0.05, 0) is 72.2 Å². The Labute approximate surface area is 223 Å². The van der Waals surface area contributed by atoms with Crippen LogP contribution in [0.15, 0.2) is 72.8 Å². The molecule has 1 fully saturated rings. The number of rotatable bonds is 9. The number of hydrogen-bond donors (Lipinski definition) is 0. The van der Waals surface area contributed by atoms with Crippen LogP contribution in [0.5, 0.6) is 17.4 Å². The number of hydrogen-bond acceptors (Lipinski definition) is 6. The molecule has 5 rings (SSSR count). The second-order valence-corrected chi connectivity index (χ2v) is 10.4. The second-order valence-electron chi connectivity index (χ2n) is 9.36. The Balaban J connectivity index is 1.34. The number of halogens is 1. The molecule has 1 atom stereocenters. The topological polar surface area (TPSA) is 75.5 Å². The van der Waals surface area contributed by atoms with E-state index in [4.69, 9.17) is 14.2 Å². The summed E-state index contributed by atoms with van der Waals surface area (Å²) >= 11 is 0. The van der Waals surface area contributed by atoms with Crippen molar-refractivity contribution in [3.8, 4) is 28.5 Å². The van der Waals surface area contributed by atoms with Gasteiger partial charge in [0, 0.05) is 0 Å². The van der Waals surface area contributed by atoms with Crippen LogP contribution in [0.25, 0.3) is 11.1 Å². The number of methoxy groups -OCH3 is 1. The minimum absolute atomic E-state index is 0.0128. The average molecular weight is 534 g/mol. The van der Waals surface area contributed by atoms with E-state index in [1.54, 1.807) is 14.0 Å². The zero-order valence-corrected chi connectivity index (χ0v) is 22.4. The lowest BCUT2D eigenvalue weighted by atomic mass is 9.77. The molecule has 0 radical (unpaired) electrons. The largest absolute Gasteiger partial charge is 0.497 e. The maximum Gasteiger partial charge on any atom is 0.364 e. The highest BCUT2D eigenvalue weighted by Gasteiger charge is 2.41. The molecule has 1 saturated carbocycles. The van der Waals surface area contributed by atoms with Crippen molar-refractivity contribution in [1.82, 2.24) is 15.0 Å². The normalized spacial score (nSPS) is 18.5. The standard InChI is InChI=1S/C29H29FN3O4P/c1-3-36-28(34)26-27(33(32-31-26)18-19-4-12-24(35-2)13-5-19)37-25-14-10-21(11-15-25)20-6-8-22(9-7-20)23-16-29(30,38)17-23/h4-15,23H,3,16-18,38H2,1-2H3. The minimum Gasteiger partial charge on any atom is -0.497 e. The van der Waals surface area contributed by atoms with Gasteiger partial charge >= 0.3 is 5.97 Å². The van der Waals surface area contributed by atoms with Crippen molar-refractivity contribution in [2.45, 2.75) is 37.6 Å². The first-order chi connectivity index (χ1) is 18.3. The van der Waals surface area contributed by atoms with Gasteiger partial charge in [0.2, 0.25) is 5.69 Å². The molecule has 7 nitrogen and oxygen atoms in total. The summed E-state index contributed by atoms with van der Waals surface area (Å²) in [7, 11) is 3.92. The number of benzene rings is 3. The number of carbonyl (C=O) groups excluding carboxylic acids is 1. The van der Waals surface area contributed by atoms with Gasteiger partial charge in [-0.3, -0.25) is 0 Å². The fraction of sp³-hybridized carbons (Fsp3) is 0.276. The number of ether oxygens (including phenoxy) is 3. The van der Waals surface area contributed by atoms with Crippen LogP contribution in [0.1, 0.15) is 47.3 Å². The Morgan fingerprint density at radius 1 is 1.00 bits per heavy atom. The van der Waals surface area contributed by atoms with E-state index in [1.165, 1.54) is 4.68 Å². The van der Waals surface area contributed by atoms with E-state index in [9.17, 15) is 9.18 Å². The van der Waals surface area contributed by atoms with E-state index in [2.05, 4.69) is 43.8 Å². The Morgan fingerprint density at radius 3 is 2.18 bits per heavy atom. The zero-order chi connectivity index (χ0) is 26.7. The molecule has 196 valence electrons. The molecule has 4 aromatic rings. The van der Waals surface area contributed by atoms with Gasteiger partial charge < -0.3 is 14.2 Å².